The highest BCUT2D eigenvalue weighted by Gasteiger charge is 2.23. The summed E-state index contributed by atoms with van der Waals surface area (Å²) in [4.78, 5) is 0. The van der Waals surface area contributed by atoms with Gasteiger partial charge in [-0.2, -0.15) is 0 Å². The highest BCUT2D eigenvalue weighted by Crippen LogP contribution is 2.40. The average molecular weight is 122 g/mol. The van der Waals surface area contributed by atoms with Crippen molar-refractivity contribution in [3.8, 4) is 0 Å². The summed E-state index contributed by atoms with van der Waals surface area (Å²) in [7, 11) is -2.00. The second-order valence-electron chi connectivity index (χ2n) is 1.32. The molecular formula is C3H7O3P. The lowest BCUT2D eigenvalue weighted by Gasteiger charge is -2.23. The standard InChI is InChI=1S/C3H7O3P/c1-2-3-5-7(4)6-3/h3,7H,2H2,1H3. The molecule has 0 bridgehead atoms. The molecule has 0 radical (unpaired) electrons. The fraction of sp³-hybridized carbons (Fsp3) is 1.00. The van der Waals surface area contributed by atoms with Gasteiger partial charge >= 0.3 is 8.25 Å². The quantitative estimate of drug-likeness (QED) is 0.489. The Hall–Kier alpha value is 0.150. The molecule has 0 aliphatic carbocycles. The number of hydrogen-bond acceptors (Lipinski definition) is 3. The van der Waals surface area contributed by atoms with Gasteiger partial charge in [-0.05, 0) is 6.42 Å². The Morgan fingerprint density at radius 1 is 1.71 bits per heavy atom. The van der Waals surface area contributed by atoms with Gasteiger partial charge in [-0.15, -0.1) is 0 Å². The predicted molar refractivity (Wildman–Crippen MR) is 25.3 cm³/mol. The van der Waals surface area contributed by atoms with Crippen LogP contribution < -0.4 is 0 Å². The van der Waals surface area contributed by atoms with Crippen molar-refractivity contribution in [2.24, 2.45) is 0 Å². The van der Waals surface area contributed by atoms with Crippen molar-refractivity contribution >= 4 is 8.25 Å². The third-order valence-corrected chi connectivity index (χ3v) is 1.70. The average Bonchev–Trinajstić information content (AvgIpc) is 1.58. The maximum atomic E-state index is 10.0. The number of hydrogen-bond donors (Lipinski definition) is 0. The molecule has 1 aliphatic rings. The first-order chi connectivity index (χ1) is 3.33. The molecule has 42 valence electrons. The third kappa shape index (κ3) is 1.03. The van der Waals surface area contributed by atoms with E-state index in [1.165, 1.54) is 0 Å². The first kappa shape index (κ1) is 5.29. The minimum absolute atomic E-state index is 0.175. The maximum Gasteiger partial charge on any atom is 0.323 e. The van der Waals surface area contributed by atoms with E-state index >= 15 is 0 Å². The van der Waals surface area contributed by atoms with Gasteiger partial charge in [-0.25, -0.2) is 0 Å². The van der Waals surface area contributed by atoms with E-state index in [0.717, 1.165) is 6.42 Å². The molecule has 0 aromatic heterocycles. The molecule has 1 fully saturated rings. The normalized spacial score (nSPS) is 40.1. The van der Waals surface area contributed by atoms with Crippen LogP contribution in [0.1, 0.15) is 13.3 Å². The molecule has 0 aromatic carbocycles. The van der Waals surface area contributed by atoms with Crippen LogP contribution in [0.3, 0.4) is 0 Å². The highest BCUT2D eigenvalue weighted by atomic mass is 31.1. The molecule has 1 heterocycles. The van der Waals surface area contributed by atoms with Gasteiger partial charge in [0.15, 0.2) is 6.29 Å². The van der Waals surface area contributed by atoms with Gasteiger partial charge in [0.05, 0.1) is 0 Å². The van der Waals surface area contributed by atoms with Crippen molar-refractivity contribution in [3.63, 3.8) is 0 Å². The van der Waals surface area contributed by atoms with Crippen LogP contribution >= 0.6 is 8.25 Å². The highest BCUT2D eigenvalue weighted by molar-refractivity contribution is 7.34. The summed E-state index contributed by atoms with van der Waals surface area (Å²) < 4.78 is 19.2. The molecule has 0 atom stereocenters. The second kappa shape index (κ2) is 1.95. The summed E-state index contributed by atoms with van der Waals surface area (Å²) in [5.41, 5.74) is 0. The van der Waals surface area contributed by atoms with Crippen LogP contribution in [0, 0.1) is 0 Å². The minimum atomic E-state index is -2.00. The number of rotatable bonds is 1. The van der Waals surface area contributed by atoms with Crippen molar-refractivity contribution in [2.75, 3.05) is 0 Å². The van der Waals surface area contributed by atoms with E-state index in [2.05, 4.69) is 9.05 Å². The molecule has 0 unspecified atom stereocenters. The molecular weight excluding hydrogens is 115 g/mol. The zero-order chi connectivity index (χ0) is 5.28. The van der Waals surface area contributed by atoms with Gasteiger partial charge in [0.1, 0.15) is 0 Å². The molecule has 3 nitrogen and oxygen atoms in total. The largest absolute Gasteiger partial charge is 0.323 e. The summed E-state index contributed by atoms with van der Waals surface area (Å²) in [5, 5.41) is 0. The van der Waals surface area contributed by atoms with Gasteiger partial charge in [0, 0.05) is 0 Å². The zero-order valence-electron chi connectivity index (χ0n) is 4.01. The van der Waals surface area contributed by atoms with E-state index < -0.39 is 8.25 Å². The first-order valence-electron chi connectivity index (χ1n) is 2.20. The Kier molecular flexibility index (Phi) is 1.47. The van der Waals surface area contributed by atoms with E-state index in [-0.39, 0.29) is 6.29 Å². The molecule has 4 heteroatoms. The molecule has 1 saturated heterocycles. The van der Waals surface area contributed by atoms with Crippen LogP contribution in [0.25, 0.3) is 0 Å². The maximum absolute atomic E-state index is 10.0. The van der Waals surface area contributed by atoms with Crippen molar-refractivity contribution in [1.29, 1.82) is 0 Å². The lowest BCUT2D eigenvalue weighted by Crippen LogP contribution is -2.17. The van der Waals surface area contributed by atoms with Crippen molar-refractivity contribution < 1.29 is 13.6 Å². The smallest absolute Gasteiger partial charge is 0.280 e. The fourth-order valence-electron chi connectivity index (χ4n) is 0.390. The summed E-state index contributed by atoms with van der Waals surface area (Å²) in [6.45, 7) is 1.92. The molecule has 0 N–H and O–H groups in total. The molecule has 0 aromatic rings. The molecule has 0 saturated carbocycles. The van der Waals surface area contributed by atoms with Crippen molar-refractivity contribution in [3.05, 3.63) is 0 Å². The van der Waals surface area contributed by atoms with Gasteiger partial charge in [-0.3, -0.25) is 13.6 Å². The Morgan fingerprint density at radius 3 is 2.43 bits per heavy atom. The van der Waals surface area contributed by atoms with Gasteiger partial charge < -0.3 is 0 Å². The van der Waals surface area contributed by atoms with Gasteiger partial charge in [0.25, 0.3) is 0 Å². The lowest BCUT2D eigenvalue weighted by atomic mass is 10.5. The molecule has 7 heavy (non-hydrogen) atoms. The van der Waals surface area contributed by atoms with Crippen molar-refractivity contribution in [2.45, 2.75) is 19.6 Å². The Balaban J connectivity index is 2.17. The topological polar surface area (TPSA) is 35.5 Å². The SMILES string of the molecule is CCC1O[PH](=O)O1. The Labute approximate surface area is 42.6 Å². The predicted octanol–water partition coefficient (Wildman–Crippen LogP) is 1.16. The molecule has 0 amide bonds. The van der Waals surface area contributed by atoms with Crippen LogP contribution in [0.15, 0.2) is 0 Å². The van der Waals surface area contributed by atoms with Crippen LogP contribution in [0.4, 0.5) is 0 Å². The Bertz CT molecular complexity index is 84.2. The van der Waals surface area contributed by atoms with E-state index in [1.807, 2.05) is 6.92 Å². The summed E-state index contributed by atoms with van der Waals surface area (Å²) in [6, 6.07) is 0. The van der Waals surface area contributed by atoms with E-state index in [1.54, 1.807) is 0 Å². The second-order valence-corrected chi connectivity index (χ2v) is 2.29. The van der Waals surface area contributed by atoms with Gasteiger partial charge in [-0.1, -0.05) is 6.92 Å². The first-order valence-corrected chi connectivity index (χ1v) is 3.42. The van der Waals surface area contributed by atoms with E-state index in [9.17, 15) is 4.57 Å². The Morgan fingerprint density at radius 2 is 2.29 bits per heavy atom. The van der Waals surface area contributed by atoms with Crippen LogP contribution in [-0.4, -0.2) is 6.29 Å². The summed E-state index contributed by atoms with van der Waals surface area (Å²) >= 11 is 0. The monoisotopic (exact) mass is 122 g/mol. The van der Waals surface area contributed by atoms with Crippen molar-refractivity contribution in [1.82, 2.24) is 0 Å². The van der Waals surface area contributed by atoms with Crippen LogP contribution in [0.2, 0.25) is 0 Å². The zero-order valence-corrected chi connectivity index (χ0v) is 5.01. The lowest BCUT2D eigenvalue weighted by molar-refractivity contribution is -0.0780. The summed E-state index contributed by atoms with van der Waals surface area (Å²) in [6.07, 6.45) is 0.613. The van der Waals surface area contributed by atoms with Crippen LogP contribution in [0.5, 0.6) is 0 Å². The molecule has 0 spiro atoms. The van der Waals surface area contributed by atoms with E-state index in [0.29, 0.717) is 0 Å². The molecule has 1 aliphatic heterocycles. The molecule has 1 rings (SSSR count). The minimum Gasteiger partial charge on any atom is -0.280 e. The summed E-state index contributed by atoms with van der Waals surface area (Å²) in [5.74, 6) is 0. The fourth-order valence-corrected chi connectivity index (χ4v) is 1.17. The third-order valence-electron chi connectivity index (χ3n) is 0.789. The van der Waals surface area contributed by atoms with E-state index in [4.69, 9.17) is 0 Å². The van der Waals surface area contributed by atoms with Gasteiger partial charge in [0.2, 0.25) is 0 Å². The van der Waals surface area contributed by atoms with Crippen LogP contribution in [-0.2, 0) is 13.6 Å².